The molecule has 1 aliphatic rings. The predicted molar refractivity (Wildman–Crippen MR) is 159 cm³/mol. The van der Waals surface area contributed by atoms with E-state index in [0.29, 0.717) is 23.5 Å². The standard InChI is InChI=1S/C29H32BrN3O6S/c1-5-18(2)28(35)31-23-16-32(27(34)17-40(4,37)38)24-11-6-7-12-25(24)33(29(23)36)15-21-19-9-8-10-22(30)20(19)13-14-26(21)39-3/h6-14,18,23H,5,15-17H2,1-4H3,(H,31,35)/t18-,23+/m1/s1. The molecular formula is C29H32BrN3O6S. The maximum absolute atomic E-state index is 14.2. The average molecular weight is 631 g/mol. The van der Waals surface area contributed by atoms with Crippen molar-refractivity contribution in [1.29, 1.82) is 0 Å². The van der Waals surface area contributed by atoms with Gasteiger partial charge in [-0.2, -0.15) is 0 Å². The number of amides is 3. The van der Waals surface area contributed by atoms with Crippen LogP contribution in [0.5, 0.6) is 5.75 Å². The molecule has 3 aromatic carbocycles. The summed E-state index contributed by atoms with van der Waals surface area (Å²) in [6.07, 6.45) is 1.55. The van der Waals surface area contributed by atoms with Gasteiger partial charge in [0.25, 0.3) is 5.91 Å². The van der Waals surface area contributed by atoms with Crippen molar-refractivity contribution in [2.75, 3.05) is 35.5 Å². The van der Waals surface area contributed by atoms with Gasteiger partial charge >= 0.3 is 0 Å². The van der Waals surface area contributed by atoms with Crippen LogP contribution in [0.2, 0.25) is 0 Å². The van der Waals surface area contributed by atoms with Crippen molar-refractivity contribution < 1.29 is 27.5 Å². The summed E-state index contributed by atoms with van der Waals surface area (Å²) in [5.74, 6) is -1.94. The molecule has 212 valence electrons. The highest BCUT2D eigenvalue weighted by Crippen LogP contribution is 2.38. The molecule has 0 radical (unpaired) electrons. The van der Waals surface area contributed by atoms with Crippen LogP contribution in [0, 0.1) is 5.92 Å². The number of rotatable bonds is 8. The van der Waals surface area contributed by atoms with E-state index in [4.69, 9.17) is 4.74 Å². The van der Waals surface area contributed by atoms with E-state index in [9.17, 15) is 22.8 Å². The Bertz CT molecular complexity index is 1580. The Morgan fingerprint density at radius 3 is 2.42 bits per heavy atom. The molecule has 0 bridgehead atoms. The summed E-state index contributed by atoms with van der Waals surface area (Å²) in [5, 5.41) is 4.62. The van der Waals surface area contributed by atoms with Gasteiger partial charge in [0.2, 0.25) is 11.8 Å². The van der Waals surface area contributed by atoms with Gasteiger partial charge < -0.3 is 19.9 Å². The van der Waals surface area contributed by atoms with E-state index in [1.807, 2.05) is 37.3 Å². The Kier molecular flexibility index (Phi) is 8.84. The number of benzene rings is 3. The fourth-order valence-electron chi connectivity index (χ4n) is 4.77. The molecule has 0 saturated carbocycles. The fourth-order valence-corrected chi connectivity index (χ4v) is 5.87. The van der Waals surface area contributed by atoms with E-state index >= 15 is 0 Å². The molecule has 1 N–H and O–H groups in total. The van der Waals surface area contributed by atoms with E-state index in [1.165, 1.54) is 9.80 Å². The number of fused-ring (bicyclic) bond motifs is 2. The largest absolute Gasteiger partial charge is 0.496 e. The van der Waals surface area contributed by atoms with Crippen LogP contribution in [-0.2, 0) is 30.8 Å². The zero-order chi connectivity index (χ0) is 29.2. The average Bonchev–Trinajstić information content (AvgIpc) is 3.02. The van der Waals surface area contributed by atoms with Crippen molar-refractivity contribution in [3.05, 3.63) is 64.6 Å². The third-order valence-electron chi connectivity index (χ3n) is 7.07. The van der Waals surface area contributed by atoms with Crippen LogP contribution in [0.25, 0.3) is 10.8 Å². The topological polar surface area (TPSA) is 113 Å². The van der Waals surface area contributed by atoms with Crippen LogP contribution in [0.4, 0.5) is 11.4 Å². The van der Waals surface area contributed by atoms with Crippen LogP contribution in [0.3, 0.4) is 0 Å². The second-order valence-corrected chi connectivity index (χ2v) is 12.9. The molecule has 0 fully saturated rings. The van der Waals surface area contributed by atoms with Crippen molar-refractivity contribution in [3.63, 3.8) is 0 Å². The van der Waals surface area contributed by atoms with Crippen molar-refractivity contribution in [2.24, 2.45) is 5.92 Å². The summed E-state index contributed by atoms with van der Waals surface area (Å²) in [6.45, 7) is 3.50. The van der Waals surface area contributed by atoms with E-state index in [1.54, 1.807) is 38.3 Å². The Morgan fingerprint density at radius 1 is 1.07 bits per heavy atom. The molecule has 0 spiro atoms. The molecule has 2 atom stereocenters. The summed E-state index contributed by atoms with van der Waals surface area (Å²) in [7, 11) is -2.10. The molecule has 3 aromatic rings. The number of anilines is 2. The Labute approximate surface area is 242 Å². The summed E-state index contributed by atoms with van der Waals surface area (Å²) >= 11 is 3.60. The van der Waals surface area contributed by atoms with Crippen LogP contribution < -0.4 is 19.9 Å². The lowest BCUT2D eigenvalue weighted by molar-refractivity contribution is -0.129. The van der Waals surface area contributed by atoms with Gasteiger partial charge in [0.1, 0.15) is 17.5 Å². The first-order chi connectivity index (χ1) is 18.9. The second kappa shape index (κ2) is 12.0. The maximum atomic E-state index is 14.2. The summed E-state index contributed by atoms with van der Waals surface area (Å²) in [4.78, 5) is 43.3. The smallest absolute Gasteiger partial charge is 0.251 e. The molecule has 3 amide bonds. The van der Waals surface area contributed by atoms with Gasteiger partial charge in [0, 0.05) is 22.2 Å². The number of para-hydroxylation sites is 2. The van der Waals surface area contributed by atoms with Gasteiger partial charge in [0.05, 0.1) is 31.6 Å². The van der Waals surface area contributed by atoms with Gasteiger partial charge in [-0.15, -0.1) is 0 Å². The number of sulfone groups is 1. The van der Waals surface area contributed by atoms with Gasteiger partial charge in [-0.25, -0.2) is 8.42 Å². The number of carbonyl (C=O) groups is 3. The third-order valence-corrected chi connectivity index (χ3v) is 8.53. The summed E-state index contributed by atoms with van der Waals surface area (Å²) in [6, 6.07) is 15.3. The quantitative estimate of drug-likeness (QED) is 0.402. The number of hydrogen-bond acceptors (Lipinski definition) is 6. The van der Waals surface area contributed by atoms with Crippen LogP contribution in [0.1, 0.15) is 25.8 Å². The summed E-state index contributed by atoms with van der Waals surface area (Å²) in [5.41, 5.74) is 1.54. The number of halogens is 1. The van der Waals surface area contributed by atoms with Gasteiger partial charge in [0.15, 0.2) is 9.84 Å². The zero-order valence-electron chi connectivity index (χ0n) is 22.8. The Morgan fingerprint density at radius 2 is 1.77 bits per heavy atom. The Hall–Kier alpha value is -3.44. The fraction of sp³-hybridized carbons (Fsp3) is 0.345. The van der Waals surface area contributed by atoms with Crippen LogP contribution in [0.15, 0.2) is 59.1 Å². The first-order valence-corrected chi connectivity index (χ1v) is 15.7. The highest BCUT2D eigenvalue weighted by atomic mass is 79.9. The highest BCUT2D eigenvalue weighted by Gasteiger charge is 2.38. The lowest BCUT2D eigenvalue weighted by Gasteiger charge is -2.27. The molecule has 1 heterocycles. The van der Waals surface area contributed by atoms with Crippen molar-refractivity contribution >= 4 is 65.6 Å². The molecule has 9 nitrogen and oxygen atoms in total. The third kappa shape index (κ3) is 6.15. The van der Waals surface area contributed by atoms with Crippen LogP contribution in [-0.4, -0.2) is 57.8 Å². The number of nitrogens with zero attached hydrogens (tertiary/aromatic N) is 2. The number of ether oxygens (including phenoxy) is 1. The molecule has 40 heavy (non-hydrogen) atoms. The number of carbonyl (C=O) groups excluding carboxylic acids is 3. The molecule has 0 unspecified atom stereocenters. The second-order valence-electron chi connectivity index (χ2n) is 9.94. The number of methoxy groups -OCH3 is 1. The lowest BCUT2D eigenvalue weighted by Crippen LogP contribution is -2.54. The van der Waals surface area contributed by atoms with Gasteiger partial charge in [-0.05, 0) is 47.5 Å². The van der Waals surface area contributed by atoms with E-state index in [0.717, 1.165) is 27.1 Å². The van der Waals surface area contributed by atoms with Gasteiger partial charge in [-0.3, -0.25) is 14.4 Å². The molecule has 1 aliphatic heterocycles. The van der Waals surface area contributed by atoms with Gasteiger partial charge in [-0.1, -0.05) is 54.0 Å². The molecule has 0 aliphatic carbocycles. The minimum Gasteiger partial charge on any atom is -0.496 e. The normalized spacial score (nSPS) is 16.3. The van der Waals surface area contributed by atoms with Crippen molar-refractivity contribution in [3.8, 4) is 5.75 Å². The monoisotopic (exact) mass is 629 g/mol. The number of hydrogen-bond donors (Lipinski definition) is 1. The predicted octanol–water partition coefficient (Wildman–Crippen LogP) is 4.07. The molecule has 0 aromatic heterocycles. The van der Waals surface area contributed by atoms with E-state index < -0.39 is 33.4 Å². The first-order valence-electron chi connectivity index (χ1n) is 12.9. The zero-order valence-corrected chi connectivity index (χ0v) is 25.2. The van der Waals surface area contributed by atoms with Crippen molar-refractivity contribution in [1.82, 2.24) is 5.32 Å². The first kappa shape index (κ1) is 29.5. The maximum Gasteiger partial charge on any atom is 0.251 e. The van der Waals surface area contributed by atoms with Crippen LogP contribution >= 0.6 is 15.9 Å². The molecule has 0 saturated heterocycles. The summed E-state index contributed by atoms with van der Waals surface area (Å²) < 4.78 is 30.7. The lowest BCUT2D eigenvalue weighted by atomic mass is 10.0. The minimum absolute atomic E-state index is 0.0800. The molecular weight excluding hydrogens is 598 g/mol. The Balaban J connectivity index is 1.88. The van der Waals surface area contributed by atoms with E-state index in [2.05, 4.69) is 21.2 Å². The SMILES string of the molecule is CC[C@@H](C)C(=O)N[C@H]1CN(C(=O)CS(C)(=O)=O)c2ccccc2N(Cc2c(OC)ccc3c(Br)cccc23)C1=O. The van der Waals surface area contributed by atoms with Crippen molar-refractivity contribution in [2.45, 2.75) is 32.9 Å². The highest BCUT2D eigenvalue weighted by molar-refractivity contribution is 9.10. The minimum atomic E-state index is -3.66. The molecule has 4 rings (SSSR count). The molecule has 11 heteroatoms. The number of nitrogens with one attached hydrogen (secondary N) is 1. The van der Waals surface area contributed by atoms with E-state index in [-0.39, 0.29) is 24.9 Å².